The Kier molecular flexibility index (Phi) is 2.47. The number of carboxylic acids is 1. The van der Waals surface area contributed by atoms with Crippen LogP contribution in [-0.4, -0.2) is 15.9 Å². The van der Waals surface area contributed by atoms with Crippen LogP contribution in [0.4, 0.5) is 0 Å². The largest absolute Gasteiger partial charge is 0.543 e. The van der Waals surface area contributed by atoms with Crippen molar-refractivity contribution in [1.29, 1.82) is 0 Å². The van der Waals surface area contributed by atoms with Gasteiger partial charge in [0.25, 0.3) is 0 Å². The number of carboxylic acid groups (broad SMARTS) is 1. The molecule has 2 aromatic heterocycles. The minimum absolute atomic E-state index is 0.0202. The molecule has 0 aliphatic rings. The highest BCUT2D eigenvalue weighted by molar-refractivity contribution is 7.15. The van der Waals surface area contributed by atoms with E-state index in [1.165, 1.54) is 11.3 Å². The van der Waals surface area contributed by atoms with Gasteiger partial charge in [-0.3, -0.25) is 4.98 Å². The molecule has 0 saturated carbocycles. The van der Waals surface area contributed by atoms with E-state index < -0.39 is 5.97 Å². The summed E-state index contributed by atoms with van der Waals surface area (Å²) in [6.07, 6.45) is 3.29. The summed E-state index contributed by atoms with van der Waals surface area (Å²) in [5.74, 6) is -1.23. The van der Waals surface area contributed by atoms with E-state index in [4.69, 9.17) is 0 Å². The monoisotopic (exact) mass is 219 g/mol. The molecule has 76 valence electrons. The Hall–Kier alpha value is -1.75. The average Bonchev–Trinajstić information content (AvgIpc) is 2.62. The Bertz CT molecular complexity index is 493. The second-order valence-corrected chi connectivity index (χ2v) is 4.15. The molecule has 0 radical (unpaired) electrons. The van der Waals surface area contributed by atoms with E-state index >= 15 is 0 Å². The van der Waals surface area contributed by atoms with Crippen LogP contribution in [-0.2, 0) is 0 Å². The van der Waals surface area contributed by atoms with Crippen LogP contribution in [0.25, 0.3) is 10.6 Å². The summed E-state index contributed by atoms with van der Waals surface area (Å²) >= 11 is 1.34. The molecular formula is C10H7N2O2S-. The van der Waals surface area contributed by atoms with Crippen LogP contribution in [0.2, 0.25) is 0 Å². The number of carbonyl (C=O) groups excluding carboxylic acids is 1. The maximum atomic E-state index is 10.7. The molecule has 0 aliphatic carbocycles. The van der Waals surface area contributed by atoms with Gasteiger partial charge in [0.1, 0.15) is 10.7 Å². The van der Waals surface area contributed by atoms with Crippen LogP contribution in [0.3, 0.4) is 0 Å². The Morgan fingerprint density at radius 2 is 2.07 bits per heavy atom. The third kappa shape index (κ3) is 1.87. The number of aryl methyl sites for hydroxylation is 1. The molecule has 2 aromatic rings. The van der Waals surface area contributed by atoms with E-state index in [0.717, 1.165) is 5.56 Å². The van der Waals surface area contributed by atoms with Crippen molar-refractivity contribution in [3.05, 3.63) is 35.1 Å². The van der Waals surface area contributed by atoms with Gasteiger partial charge in [-0.15, -0.1) is 11.3 Å². The third-order valence-electron chi connectivity index (χ3n) is 1.92. The maximum absolute atomic E-state index is 10.7. The van der Waals surface area contributed by atoms with Crippen molar-refractivity contribution in [1.82, 2.24) is 9.97 Å². The number of rotatable bonds is 2. The van der Waals surface area contributed by atoms with E-state index in [2.05, 4.69) is 9.97 Å². The van der Waals surface area contributed by atoms with Gasteiger partial charge in [0.2, 0.25) is 0 Å². The third-order valence-corrected chi connectivity index (χ3v) is 2.94. The Balaban J connectivity index is 2.48. The van der Waals surface area contributed by atoms with E-state index in [1.807, 2.05) is 0 Å². The molecule has 15 heavy (non-hydrogen) atoms. The zero-order valence-electron chi connectivity index (χ0n) is 7.93. The first-order valence-electron chi connectivity index (χ1n) is 4.27. The van der Waals surface area contributed by atoms with Gasteiger partial charge in [-0.05, 0) is 19.1 Å². The van der Waals surface area contributed by atoms with Gasteiger partial charge < -0.3 is 9.90 Å². The van der Waals surface area contributed by atoms with E-state index in [-0.39, 0.29) is 5.69 Å². The molecule has 5 heteroatoms. The maximum Gasteiger partial charge on any atom is 0.124 e. The van der Waals surface area contributed by atoms with Gasteiger partial charge in [0.15, 0.2) is 0 Å². The zero-order chi connectivity index (χ0) is 10.8. The Morgan fingerprint density at radius 3 is 2.60 bits per heavy atom. The lowest BCUT2D eigenvalue weighted by molar-refractivity contribution is -0.255. The number of hydrogen-bond acceptors (Lipinski definition) is 5. The first kappa shape index (κ1) is 9.79. The normalized spacial score (nSPS) is 10.2. The van der Waals surface area contributed by atoms with Crippen LogP contribution in [0.1, 0.15) is 15.4 Å². The summed E-state index contributed by atoms with van der Waals surface area (Å²) in [4.78, 5) is 19.2. The van der Waals surface area contributed by atoms with Gasteiger partial charge in [0.05, 0.1) is 5.97 Å². The highest BCUT2D eigenvalue weighted by Gasteiger charge is 2.09. The van der Waals surface area contributed by atoms with Crippen molar-refractivity contribution >= 4 is 17.3 Å². The summed E-state index contributed by atoms with van der Waals surface area (Å²) in [5, 5.41) is 11.4. The highest BCUT2D eigenvalue weighted by Crippen LogP contribution is 2.26. The number of aromatic carboxylic acids is 1. The van der Waals surface area contributed by atoms with Crippen molar-refractivity contribution in [2.45, 2.75) is 6.92 Å². The van der Waals surface area contributed by atoms with Gasteiger partial charge in [-0.1, -0.05) is 0 Å². The molecule has 0 unspecified atom stereocenters. The number of hydrogen-bond donors (Lipinski definition) is 0. The molecule has 0 spiro atoms. The fraction of sp³-hybridized carbons (Fsp3) is 0.100. The summed E-state index contributed by atoms with van der Waals surface area (Å²) in [6, 6.07) is 3.58. The van der Waals surface area contributed by atoms with Crippen LogP contribution < -0.4 is 5.11 Å². The molecule has 0 saturated heterocycles. The molecular weight excluding hydrogens is 212 g/mol. The molecule has 0 aromatic carbocycles. The fourth-order valence-corrected chi connectivity index (χ4v) is 2.11. The number of thiazole rings is 1. The van der Waals surface area contributed by atoms with E-state index in [0.29, 0.717) is 9.88 Å². The summed E-state index contributed by atoms with van der Waals surface area (Å²) in [5.41, 5.74) is 0.886. The summed E-state index contributed by atoms with van der Waals surface area (Å²) < 4.78 is 0. The standard InChI is InChI=1S/C10H8N2O2S/c1-6-8(10(13)14)12-9(15-6)7-2-4-11-5-3-7/h2-5H,1H3,(H,13,14)/p-1. The predicted octanol–water partition coefficient (Wildman–Crippen LogP) is 0.877. The molecule has 2 heterocycles. The van der Waals surface area contributed by atoms with E-state index in [9.17, 15) is 9.90 Å². The van der Waals surface area contributed by atoms with Crippen LogP contribution in [0.15, 0.2) is 24.5 Å². The van der Waals surface area contributed by atoms with Gasteiger partial charge >= 0.3 is 0 Å². The second-order valence-electron chi connectivity index (χ2n) is 2.95. The lowest BCUT2D eigenvalue weighted by Crippen LogP contribution is -2.23. The number of nitrogens with zero attached hydrogens (tertiary/aromatic N) is 2. The average molecular weight is 219 g/mol. The van der Waals surface area contributed by atoms with E-state index in [1.54, 1.807) is 31.5 Å². The van der Waals surface area contributed by atoms with Crippen molar-refractivity contribution in [3.63, 3.8) is 0 Å². The lowest BCUT2D eigenvalue weighted by Gasteiger charge is -1.96. The quantitative estimate of drug-likeness (QED) is 0.752. The van der Waals surface area contributed by atoms with Crippen molar-refractivity contribution in [3.8, 4) is 10.6 Å². The highest BCUT2D eigenvalue weighted by atomic mass is 32.1. The smallest absolute Gasteiger partial charge is 0.124 e. The fourth-order valence-electron chi connectivity index (χ4n) is 1.20. The molecule has 2 rings (SSSR count). The minimum atomic E-state index is -1.23. The van der Waals surface area contributed by atoms with Crippen LogP contribution in [0, 0.1) is 6.92 Å². The lowest BCUT2D eigenvalue weighted by atomic mass is 10.3. The molecule has 0 fully saturated rings. The molecule has 0 aliphatic heterocycles. The Labute approximate surface area is 90.3 Å². The summed E-state index contributed by atoms with van der Waals surface area (Å²) in [7, 11) is 0. The summed E-state index contributed by atoms with van der Waals surface area (Å²) in [6.45, 7) is 1.72. The molecule has 0 atom stereocenters. The van der Waals surface area contributed by atoms with Crippen molar-refractivity contribution in [2.75, 3.05) is 0 Å². The number of carbonyl (C=O) groups is 1. The zero-order valence-corrected chi connectivity index (χ0v) is 8.75. The second kappa shape index (κ2) is 3.78. The first-order chi connectivity index (χ1) is 7.18. The Morgan fingerprint density at radius 1 is 1.40 bits per heavy atom. The molecule has 0 N–H and O–H groups in total. The van der Waals surface area contributed by atoms with Crippen molar-refractivity contribution < 1.29 is 9.90 Å². The van der Waals surface area contributed by atoms with Crippen LogP contribution >= 0.6 is 11.3 Å². The number of aromatic nitrogens is 2. The predicted molar refractivity (Wildman–Crippen MR) is 54.4 cm³/mol. The van der Waals surface area contributed by atoms with Crippen LogP contribution in [0.5, 0.6) is 0 Å². The van der Waals surface area contributed by atoms with Gasteiger partial charge in [0, 0.05) is 22.8 Å². The van der Waals surface area contributed by atoms with Gasteiger partial charge in [-0.25, -0.2) is 4.98 Å². The number of pyridine rings is 1. The molecule has 0 bridgehead atoms. The molecule has 4 nitrogen and oxygen atoms in total. The van der Waals surface area contributed by atoms with Crippen molar-refractivity contribution in [2.24, 2.45) is 0 Å². The van der Waals surface area contributed by atoms with Gasteiger partial charge in [-0.2, -0.15) is 0 Å². The topological polar surface area (TPSA) is 65.9 Å². The molecule has 0 amide bonds. The first-order valence-corrected chi connectivity index (χ1v) is 5.09. The minimum Gasteiger partial charge on any atom is -0.543 e. The SMILES string of the molecule is Cc1sc(-c2ccncc2)nc1C(=O)[O-].